The molecule has 0 aliphatic heterocycles. The van der Waals surface area contributed by atoms with Crippen molar-refractivity contribution in [2.24, 2.45) is 0 Å². The molecule has 1 N–H and O–H groups in total. The summed E-state index contributed by atoms with van der Waals surface area (Å²) in [6, 6.07) is 18.5. The third-order valence-electron chi connectivity index (χ3n) is 5.42. The van der Waals surface area contributed by atoms with Gasteiger partial charge in [-0.05, 0) is 35.9 Å². The van der Waals surface area contributed by atoms with Gasteiger partial charge in [0.25, 0.3) is 0 Å². The molecule has 2 radical (unpaired) electrons. The van der Waals surface area contributed by atoms with E-state index in [0.717, 1.165) is 53.7 Å². The number of rotatable bonds is 4. The lowest BCUT2D eigenvalue weighted by atomic mass is 9.95. The molecule has 6 rings (SSSR count). The second-order valence-electron chi connectivity index (χ2n) is 7.59. The van der Waals surface area contributed by atoms with Crippen LogP contribution in [0.15, 0.2) is 73.2 Å². The van der Waals surface area contributed by atoms with Crippen molar-refractivity contribution in [1.82, 2.24) is 19.7 Å². The Hall–Kier alpha value is -3.78. The number of halogens is 1. The molecule has 0 aliphatic rings. The van der Waals surface area contributed by atoms with Crippen LogP contribution in [0.4, 0.5) is 15.9 Å². The van der Waals surface area contributed by atoms with Crippen LogP contribution in [0, 0.1) is 5.82 Å². The largest absolute Gasteiger partial charge is 0.340 e. The smallest absolute Gasteiger partial charge is 0.143 e. The first kappa shape index (κ1) is 19.0. The minimum absolute atomic E-state index is 0.245. The SMILES string of the molecule is [B]c1ccc2c(c1)sc1ncnc(Nc3ccc4c(cnn4Cc4cccc(F)c4)c3)c12. The summed E-state index contributed by atoms with van der Waals surface area (Å²) < 4.78 is 16.5. The van der Waals surface area contributed by atoms with Gasteiger partial charge in [-0.25, -0.2) is 14.4 Å². The highest BCUT2D eigenvalue weighted by Crippen LogP contribution is 2.36. The van der Waals surface area contributed by atoms with Crippen molar-refractivity contribution in [2.75, 3.05) is 5.32 Å². The minimum Gasteiger partial charge on any atom is -0.340 e. The highest BCUT2D eigenvalue weighted by atomic mass is 32.1. The van der Waals surface area contributed by atoms with Crippen molar-refractivity contribution >= 4 is 67.4 Å². The summed E-state index contributed by atoms with van der Waals surface area (Å²) in [5, 5.41) is 11.0. The summed E-state index contributed by atoms with van der Waals surface area (Å²) in [6.45, 7) is 0.505. The number of aromatic nitrogens is 4. The quantitative estimate of drug-likeness (QED) is 0.400. The first-order valence-electron chi connectivity index (χ1n) is 10.0. The van der Waals surface area contributed by atoms with E-state index >= 15 is 0 Å². The van der Waals surface area contributed by atoms with E-state index in [4.69, 9.17) is 7.85 Å². The molecule has 0 saturated heterocycles. The van der Waals surface area contributed by atoms with Gasteiger partial charge in [-0.15, -0.1) is 11.3 Å². The molecule has 0 saturated carbocycles. The molecule has 0 fully saturated rings. The first-order chi connectivity index (χ1) is 15.6. The predicted octanol–water partition coefficient (Wildman–Crippen LogP) is 4.92. The predicted molar refractivity (Wildman–Crippen MR) is 129 cm³/mol. The van der Waals surface area contributed by atoms with Crippen LogP contribution in [0.5, 0.6) is 0 Å². The van der Waals surface area contributed by atoms with E-state index < -0.39 is 0 Å². The third-order valence-corrected chi connectivity index (χ3v) is 6.48. The molecule has 3 aromatic carbocycles. The number of benzene rings is 3. The standard InChI is InChI=1S/C24H15BFN5S/c25-16-4-6-19-21(10-16)32-24-22(19)23(27-13-28-24)30-18-5-7-20-15(9-18)11-29-31(20)12-14-2-1-3-17(26)8-14/h1-11,13H,12H2,(H,27,28,30). The molecule has 5 nitrogen and oxygen atoms in total. The van der Waals surface area contributed by atoms with Crippen LogP contribution >= 0.6 is 11.3 Å². The highest BCUT2D eigenvalue weighted by molar-refractivity contribution is 7.25. The van der Waals surface area contributed by atoms with E-state index in [2.05, 4.69) is 20.4 Å². The molecule has 0 spiro atoms. The Kier molecular flexibility index (Phi) is 4.40. The number of thiophene rings is 1. The third kappa shape index (κ3) is 3.29. The lowest BCUT2D eigenvalue weighted by Crippen LogP contribution is -2.01. The zero-order valence-corrected chi connectivity index (χ0v) is 17.6. The Labute approximate surface area is 188 Å². The van der Waals surface area contributed by atoms with Crippen LogP contribution in [0.2, 0.25) is 0 Å². The average Bonchev–Trinajstić information content (AvgIpc) is 3.34. The van der Waals surface area contributed by atoms with Gasteiger partial charge >= 0.3 is 0 Å². The second kappa shape index (κ2) is 7.42. The molecule has 0 aliphatic carbocycles. The van der Waals surface area contributed by atoms with Gasteiger partial charge in [-0.3, -0.25) is 4.68 Å². The zero-order valence-electron chi connectivity index (χ0n) is 16.8. The summed E-state index contributed by atoms with van der Waals surface area (Å²) in [4.78, 5) is 9.84. The van der Waals surface area contributed by atoms with E-state index in [9.17, 15) is 4.39 Å². The van der Waals surface area contributed by atoms with Crippen LogP contribution < -0.4 is 10.8 Å². The number of hydrogen-bond acceptors (Lipinski definition) is 5. The topological polar surface area (TPSA) is 55.6 Å². The van der Waals surface area contributed by atoms with Gasteiger partial charge in [0.1, 0.15) is 30.6 Å². The molecule has 0 unspecified atom stereocenters. The number of nitrogens with one attached hydrogen (secondary N) is 1. The summed E-state index contributed by atoms with van der Waals surface area (Å²) in [6.07, 6.45) is 3.39. The maximum Gasteiger partial charge on any atom is 0.143 e. The van der Waals surface area contributed by atoms with E-state index in [0.29, 0.717) is 6.54 Å². The van der Waals surface area contributed by atoms with E-state index in [-0.39, 0.29) is 5.82 Å². The maximum absolute atomic E-state index is 13.5. The average molecular weight is 435 g/mol. The summed E-state index contributed by atoms with van der Waals surface area (Å²) in [5.74, 6) is 0.503. The number of fused-ring (bicyclic) bond motifs is 4. The molecule has 3 aromatic heterocycles. The van der Waals surface area contributed by atoms with Gasteiger partial charge in [0.2, 0.25) is 0 Å². The summed E-state index contributed by atoms with van der Waals surface area (Å²) in [5.41, 5.74) is 3.47. The molecule has 0 amide bonds. The van der Waals surface area contributed by atoms with Crippen molar-refractivity contribution in [3.05, 3.63) is 84.6 Å². The zero-order chi connectivity index (χ0) is 21.7. The van der Waals surface area contributed by atoms with Gasteiger partial charge < -0.3 is 5.32 Å². The molecule has 152 valence electrons. The lowest BCUT2D eigenvalue weighted by Gasteiger charge is -2.08. The Balaban J connectivity index is 1.36. The Bertz CT molecular complexity index is 1620. The van der Waals surface area contributed by atoms with E-state index in [1.165, 1.54) is 12.1 Å². The Morgan fingerprint density at radius 2 is 1.97 bits per heavy atom. The molecule has 32 heavy (non-hydrogen) atoms. The normalized spacial score (nSPS) is 11.5. The van der Waals surface area contributed by atoms with Crippen LogP contribution in [-0.2, 0) is 6.54 Å². The fourth-order valence-electron chi connectivity index (χ4n) is 3.95. The van der Waals surface area contributed by atoms with Gasteiger partial charge in [-0.2, -0.15) is 5.10 Å². The van der Waals surface area contributed by atoms with Crippen molar-refractivity contribution in [1.29, 1.82) is 0 Å². The fraction of sp³-hybridized carbons (Fsp3) is 0.0417. The number of anilines is 2. The van der Waals surface area contributed by atoms with Gasteiger partial charge in [0.05, 0.1) is 23.6 Å². The van der Waals surface area contributed by atoms with Crippen LogP contribution in [0.25, 0.3) is 31.2 Å². The van der Waals surface area contributed by atoms with E-state index in [1.807, 2.05) is 53.3 Å². The minimum atomic E-state index is -0.245. The molecule has 0 bridgehead atoms. The Morgan fingerprint density at radius 3 is 2.88 bits per heavy atom. The molecule has 6 aromatic rings. The van der Waals surface area contributed by atoms with E-state index in [1.54, 1.807) is 23.7 Å². The summed E-state index contributed by atoms with van der Waals surface area (Å²) in [7, 11) is 5.95. The highest BCUT2D eigenvalue weighted by Gasteiger charge is 2.13. The van der Waals surface area contributed by atoms with Crippen molar-refractivity contribution in [3.63, 3.8) is 0 Å². The molecular weight excluding hydrogens is 420 g/mol. The maximum atomic E-state index is 13.5. The van der Waals surface area contributed by atoms with Crippen LogP contribution in [0.1, 0.15) is 5.56 Å². The lowest BCUT2D eigenvalue weighted by molar-refractivity contribution is 0.621. The Morgan fingerprint density at radius 1 is 1.03 bits per heavy atom. The van der Waals surface area contributed by atoms with Gasteiger partial charge in [-0.1, -0.05) is 35.8 Å². The fourth-order valence-corrected chi connectivity index (χ4v) is 5.05. The van der Waals surface area contributed by atoms with Gasteiger partial charge in [0.15, 0.2) is 0 Å². The molecular formula is C24H15BFN5S. The summed E-state index contributed by atoms with van der Waals surface area (Å²) >= 11 is 1.60. The monoisotopic (exact) mass is 435 g/mol. The van der Waals surface area contributed by atoms with Crippen molar-refractivity contribution in [2.45, 2.75) is 6.54 Å². The second-order valence-corrected chi connectivity index (χ2v) is 8.62. The number of hydrogen-bond donors (Lipinski definition) is 1. The van der Waals surface area contributed by atoms with Crippen molar-refractivity contribution < 1.29 is 4.39 Å². The first-order valence-corrected chi connectivity index (χ1v) is 10.9. The molecule has 0 atom stereocenters. The van der Waals surface area contributed by atoms with Crippen molar-refractivity contribution in [3.8, 4) is 0 Å². The van der Waals surface area contributed by atoms with Crippen LogP contribution in [0.3, 0.4) is 0 Å². The van der Waals surface area contributed by atoms with Gasteiger partial charge in [0, 0.05) is 21.2 Å². The molecule has 3 heterocycles. The number of nitrogens with zero attached hydrogens (tertiary/aromatic N) is 4. The van der Waals surface area contributed by atoms with Crippen LogP contribution in [-0.4, -0.2) is 27.6 Å². The molecule has 8 heteroatoms.